The van der Waals surface area contributed by atoms with Crippen LogP contribution in [0.2, 0.25) is 0 Å². The van der Waals surface area contributed by atoms with Gasteiger partial charge >= 0.3 is 0 Å². The van der Waals surface area contributed by atoms with E-state index in [1.165, 1.54) is 0 Å². The van der Waals surface area contributed by atoms with Gasteiger partial charge in [-0.05, 0) is 37.6 Å². The molecule has 3 rings (SSSR count). The van der Waals surface area contributed by atoms with E-state index in [4.69, 9.17) is 4.74 Å². The molecule has 0 bridgehead atoms. The zero-order valence-corrected chi connectivity index (χ0v) is 15.5. The van der Waals surface area contributed by atoms with Crippen molar-refractivity contribution in [2.45, 2.75) is 25.9 Å². The van der Waals surface area contributed by atoms with Crippen molar-refractivity contribution in [2.75, 3.05) is 31.6 Å². The van der Waals surface area contributed by atoms with Crippen LogP contribution in [0.25, 0.3) is 0 Å². The summed E-state index contributed by atoms with van der Waals surface area (Å²) in [5.41, 5.74) is 2.11. The van der Waals surface area contributed by atoms with Gasteiger partial charge in [0.15, 0.2) is 5.96 Å². The van der Waals surface area contributed by atoms with Gasteiger partial charge in [-0.15, -0.1) is 0 Å². The third kappa shape index (κ3) is 4.65. The van der Waals surface area contributed by atoms with E-state index < -0.39 is 0 Å². The molecule has 0 radical (unpaired) electrons. The number of nitrogens with zero attached hydrogens (tertiary/aromatic N) is 3. The average Bonchev–Trinajstić information content (AvgIpc) is 3.15. The first-order valence-electron chi connectivity index (χ1n) is 9.13. The minimum Gasteiger partial charge on any atom is -0.495 e. The number of benzene rings is 1. The van der Waals surface area contributed by atoms with Gasteiger partial charge in [0.25, 0.3) is 0 Å². The van der Waals surface area contributed by atoms with Crippen LogP contribution in [-0.4, -0.2) is 43.7 Å². The molecule has 138 valence electrons. The molecule has 26 heavy (non-hydrogen) atoms. The van der Waals surface area contributed by atoms with Crippen molar-refractivity contribution in [2.24, 2.45) is 4.99 Å². The van der Waals surface area contributed by atoms with Crippen LogP contribution in [0, 0.1) is 0 Å². The van der Waals surface area contributed by atoms with Crippen molar-refractivity contribution in [3.63, 3.8) is 0 Å². The van der Waals surface area contributed by atoms with Gasteiger partial charge in [0.1, 0.15) is 5.75 Å². The molecular weight excluding hydrogens is 326 g/mol. The molecule has 0 amide bonds. The number of aromatic nitrogens is 1. The van der Waals surface area contributed by atoms with Crippen LogP contribution in [0.5, 0.6) is 5.75 Å². The van der Waals surface area contributed by atoms with E-state index in [-0.39, 0.29) is 0 Å². The standard InChI is InChI=1S/C20H27N5O/c1-3-21-20(23-14-16-8-6-7-12-22-16)24-17-11-13-25(15-17)18-9-4-5-10-19(18)26-2/h4-10,12,17H,3,11,13-15H2,1-2H3,(H2,21,23,24). The summed E-state index contributed by atoms with van der Waals surface area (Å²) in [7, 11) is 1.72. The molecule has 6 heteroatoms. The molecule has 1 aliphatic heterocycles. The summed E-state index contributed by atoms with van der Waals surface area (Å²) in [6, 6.07) is 14.4. The van der Waals surface area contributed by atoms with Gasteiger partial charge in [-0.3, -0.25) is 4.98 Å². The zero-order chi connectivity index (χ0) is 18.2. The fourth-order valence-electron chi connectivity index (χ4n) is 3.15. The normalized spacial score (nSPS) is 17.2. The average molecular weight is 353 g/mol. The Kier molecular flexibility index (Phi) is 6.30. The largest absolute Gasteiger partial charge is 0.495 e. The number of anilines is 1. The Morgan fingerprint density at radius 3 is 2.88 bits per heavy atom. The lowest BCUT2D eigenvalue weighted by atomic mass is 10.2. The van der Waals surface area contributed by atoms with Crippen LogP contribution in [0.1, 0.15) is 19.0 Å². The summed E-state index contributed by atoms with van der Waals surface area (Å²) in [5, 5.41) is 6.88. The minimum absolute atomic E-state index is 0.349. The number of para-hydroxylation sites is 2. The SMILES string of the molecule is CCNC(=NCc1ccccn1)NC1CCN(c2ccccc2OC)C1. The van der Waals surface area contributed by atoms with E-state index in [1.807, 2.05) is 30.3 Å². The molecular formula is C20H27N5O. The number of hydrogen-bond donors (Lipinski definition) is 2. The van der Waals surface area contributed by atoms with Gasteiger partial charge in [0.05, 0.1) is 25.0 Å². The van der Waals surface area contributed by atoms with E-state index in [0.29, 0.717) is 12.6 Å². The summed E-state index contributed by atoms with van der Waals surface area (Å²) in [4.78, 5) is 11.4. The van der Waals surface area contributed by atoms with E-state index in [2.05, 4.69) is 44.6 Å². The van der Waals surface area contributed by atoms with Gasteiger partial charge in [-0.25, -0.2) is 4.99 Å². The third-order valence-electron chi connectivity index (χ3n) is 4.42. The first kappa shape index (κ1) is 18.0. The summed E-state index contributed by atoms with van der Waals surface area (Å²) >= 11 is 0. The fraction of sp³-hybridized carbons (Fsp3) is 0.400. The van der Waals surface area contributed by atoms with Crippen LogP contribution in [0.3, 0.4) is 0 Å². The smallest absolute Gasteiger partial charge is 0.191 e. The lowest BCUT2D eigenvalue weighted by Crippen LogP contribution is -2.44. The van der Waals surface area contributed by atoms with Crippen LogP contribution >= 0.6 is 0 Å². The highest BCUT2D eigenvalue weighted by Crippen LogP contribution is 2.30. The second-order valence-corrected chi connectivity index (χ2v) is 6.26. The van der Waals surface area contributed by atoms with Gasteiger partial charge in [-0.2, -0.15) is 0 Å². The van der Waals surface area contributed by atoms with Crippen LogP contribution in [0.4, 0.5) is 5.69 Å². The van der Waals surface area contributed by atoms with Crippen molar-refractivity contribution in [1.29, 1.82) is 0 Å². The third-order valence-corrected chi connectivity index (χ3v) is 4.42. The van der Waals surface area contributed by atoms with Crippen LogP contribution < -0.4 is 20.3 Å². The number of nitrogens with one attached hydrogen (secondary N) is 2. The molecule has 0 aliphatic carbocycles. The molecule has 1 aromatic carbocycles. The topological polar surface area (TPSA) is 61.8 Å². The zero-order valence-electron chi connectivity index (χ0n) is 15.5. The van der Waals surface area contributed by atoms with Gasteiger partial charge < -0.3 is 20.3 Å². The van der Waals surface area contributed by atoms with E-state index in [0.717, 1.165) is 49.1 Å². The predicted octanol–water partition coefficient (Wildman–Crippen LogP) is 2.42. The van der Waals surface area contributed by atoms with Crippen LogP contribution in [-0.2, 0) is 6.54 Å². The summed E-state index contributed by atoms with van der Waals surface area (Å²) in [6.07, 6.45) is 2.86. The van der Waals surface area contributed by atoms with E-state index in [1.54, 1.807) is 13.3 Å². The number of ether oxygens (including phenoxy) is 1. The Balaban J connectivity index is 1.61. The molecule has 2 heterocycles. The second kappa shape index (κ2) is 9.08. The monoisotopic (exact) mass is 353 g/mol. The maximum Gasteiger partial charge on any atom is 0.191 e. The highest BCUT2D eigenvalue weighted by molar-refractivity contribution is 5.80. The van der Waals surface area contributed by atoms with Gasteiger partial charge in [-0.1, -0.05) is 18.2 Å². The van der Waals surface area contributed by atoms with Crippen molar-refractivity contribution < 1.29 is 4.74 Å². The Labute approximate surface area is 155 Å². The Morgan fingerprint density at radius 2 is 2.12 bits per heavy atom. The number of methoxy groups -OCH3 is 1. The van der Waals surface area contributed by atoms with Crippen molar-refractivity contribution in [3.8, 4) is 5.75 Å². The number of aliphatic imine (C=N–C) groups is 1. The van der Waals surface area contributed by atoms with Crippen molar-refractivity contribution in [1.82, 2.24) is 15.6 Å². The number of pyridine rings is 1. The molecule has 0 saturated carbocycles. The summed E-state index contributed by atoms with van der Waals surface area (Å²) in [5.74, 6) is 1.76. The van der Waals surface area contributed by atoms with E-state index in [9.17, 15) is 0 Å². The maximum atomic E-state index is 5.50. The number of guanidine groups is 1. The molecule has 1 aromatic heterocycles. The lowest BCUT2D eigenvalue weighted by molar-refractivity contribution is 0.415. The summed E-state index contributed by atoms with van der Waals surface area (Å²) in [6.45, 7) is 5.40. The molecule has 1 aliphatic rings. The highest BCUT2D eigenvalue weighted by atomic mass is 16.5. The molecule has 6 nitrogen and oxygen atoms in total. The predicted molar refractivity (Wildman–Crippen MR) is 106 cm³/mol. The maximum absolute atomic E-state index is 5.50. The lowest BCUT2D eigenvalue weighted by Gasteiger charge is -2.22. The molecule has 1 atom stereocenters. The fourth-order valence-corrected chi connectivity index (χ4v) is 3.15. The van der Waals surface area contributed by atoms with Crippen molar-refractivity contribution in [3.05, 3.63) is 54.4 Å². The van der Waals surface area contributed by atoms with Crippen molar-refractivity contribution >= 4 is 11.6 Å². The number of hydrogen-bond acceptors (Lipinski definition) is 4. The molecule has 0 spiro atoms. The molecule has 2 aromatic rings. The summed E-state index contributed by atoms with van der Waals surface area (Å²) < 4.78 is 5.50. The van der Waals surface area contributed by atoms with Gasteiger partial charge in [0, 0.05) is 31.9 Å². The second-order valence-electron chi connectivity index (χ2n) is 6.26. The molecule has 1 saturated heterocycles. The quantitative estimate of drug-likeness (QED) is 0.617. The molecule has 1 fully saturated rings. The molecule has 2 N–H and O–H groups in total. The molecule has 1 unspecified atom stereocenters. The highest BCUT2D eigenvalue weighted by Gasteiger charge is 2.25. The first-order valence-corrected chi connectivity index (χ1v) is 9.13. The van der Waals surface area contributed by atoms with Crippen LogP contribution in [0.15, 0.2) is 53.7 Å². The first-order chi connectivity index (χ1) is 12.8. The number of rotatable bonds is 6. The minimum atomic E-state index is 0.349. The van der Waals surface area contributed by atoms with Gasteiger partial charge in [0.2, 0.25) is 0 Å². The Hall–Kier alpha value is -2.76. The Bertz CT molecular complexity index is 719. The van der Waals surface area contributed by atoms with E-state index >= 15 is 0 Å². The Morgan fingerprint density at radius 1 is 1.27 bits per heavy atom.